The van der Waals surface area contributed by atoms with E-state index < -0.39 is 0 Å². The van der Waals surface area contributed by atoms with Gasteiger partial charge in [0.05, 0.1) is 0 Å². The molecule has 0 N–H and O–H groups in total. The number of hydrogen-bond acceptors (Lipinski definition) is 4. The molecule has 0 spiro atoms. The summed E-state index contributed by atoms with van der Waals surface area (Å²) >= 11 is 5.03. The molecule has 1 aromatic rings. The normalized spacial score (nSPS) is 11.9. The van der Waals surface area contributed by atoms with Crippen LogP contribution in [-0.4, -0.2) is 4.57 Å². The van der Waals surface area contributed by atoms with Gasteiger partial charge in [-0.05, 0) is 38.3 Å². The molecule has 2 nitrogen and oxygen atoms in total. The van der Waals surface area contributed by atoms with Crippen molar-refractivity contribution in [3.63, 3.8) is 0 Å². The summed E-state index contributed by atoms with van der Waals surface area (Å²) in [5.41, 5.74) is 0.116. The first kappa shape index (κ1) is 10.1. The van der Waals surface area contributed by atoms with E-state index in [1.165, 1.54) is 20.7 Å². The molecule has 12 heavy (non-hydrogen) atoms. The molecule has 0 aromatic carbocycles. The van der Waals surface area contributed by atoms with E-state index >= 15 is 0 Å². The van der Waals surface area contributed by atoms with Gasteiger partial charge in [0.1, 0.15) is 0 Å². The molecule has 0 aliphatic heterocycles. The molecule has 0 atom stereocenters. The largest absolute Gasteiger partial charge is 0.318 e. The first-order chi connectivity index (χ1) is 5.40. The van der Waals surface area contributed by atoms with Crippen LogP contribution in [0.5, 0.6) is 0 Å². The summed E-state index contributed by atoms with van der Waals surface area (Å²) in [5, 5.41) is 0. The van der Waals surface area contributed by atoms with E-state index in [1.807, 2.05) is 0 Å². The molecule has 0 unspecified atom stereocenters. The third kappa shape index (κ3) is 2.50. The Hall–Kier alpha value is -0.0000000000000000555. The molecule has 0 bridgehead atoms. The number of hydrogen-bond donors (Lipinski definition) is 0. The van der Waals surface area contributed by atoms with Crippen molar-refractivity contribution in [3.8, 4) is 0 Å². The third-order valence-corrected chi connectivity index (χ3v) is 4.00. The van der Waals surface area contributed by atoms with Crippen LogP contribution in [-0.2, 0) is 6.54 Å². The van der Waals surface area contributed by atoms with Crippen LogP contribution < -0.4 is 4.87 Å². The monoisotopic (exact) mass is 221 g/mol. The fourth-order valence-corrected chi connectivity index (χ4v) is 3.00. The minimum atomic E-state index is 0.0694. The van der Waals surface area contributed by atoms with Gasteiger partial charge < -0.3 is 0 Å². The lowest BCUT2D eigenvalue weighted by Gasteiger charge is -2.17. The van der Waals surface area contributed by atoms with Gasteiger partial charge in [-0.25, -0.2) is 0 Å². The lowest BCUT2D eigenvalue weighted by Crippen LogP contribution is -2.22. The molecule has 5 heteroatoms. The van der Waals surface area contributed by atoms with Crippen molar-refractivity contribution in [1.29, 1.82) is 0 Å². The highest BCUT2D eigenvalue weighted by atomic mass is 32.9. The smallest absolute Gasteiger partial charge is 0.280 e. The van der Waals surface area contributed by atoms with Crippen molar-refractivity contribution in [2.75, 3.05) is 0 Å². The number of nitrogens with zero attached hydrogens (tertiary/aromatic N) is 1. The molecule has 0 aliphatic carbocycles. The predicted octanol–water partition coefficient (Wildman–Crippen LogP) is 2.75. The Kier molecular flexibility index (Phi) is 2.85. The lowest BCUT2D eigenvalue weighted by molar-refractivity contribution is 0.340. The summed E-state index contributed by atoms with van der Waals surface area (Å²) in [6.07, 6.45) is 0. The molecule has 0 saturated carbocycles. The van der Waals surface area contributed by atoms with Gasteiger partial charge in [-0.3, -0.25) is 9.36 Å². The van der Waals surface area contributed by atoms with Crippen LogP contribution in [0.1, 0.15) is 20.8 Å². The Morgan fingerprint density at radius 1 is 1.42 bits per heavy atom. The first-order valence-electron chi connectivity index (χ1n) is 3.60. The molecule has 0 fully saturated rings. The molecule has 0 saturated heterocycles. The second-order valence-electron chi connectivity index (χ2n) is 3.85. The van der Waals surface area contributed by atoms with Crippen LogP contribution in [0.25, 0.3) is 0 Å². The molecule has 1 heterocycles. The summed E-state index contributed by atoms with van der Waals surface area (Å²) in [6, 6.07) is 0. The zero-order valence-electron chi connectivity index (χ0n) is 7.29. The average Bonchev–Trinajstić information content (AvgIpc) is 2.16. The number of rotatable bonds is 1. The highest BCUT2D eigenvalue weighted by Gasteiger charge is 2.13. The average molecular weight is 221 g/mol. The highest BCUT2D eigenvalue weighted by Crippen LogP contribution is 2.17. The first-order valence-corrected chi connectivity index (χ1v) is 6.16. The van der Waals surface area contributed by atoms with E-state index in [0.717, 1.165) is 0 Å². The van der Waals surface area contributed by atoms with Crippen LogP contribution in [0.2, 0.25) is 0 Å². The van der Waals surface area contributed by atoms with Crippen LogP contribution in [0.15, 0.2) is 4.79 Å². The van der Waals surface area contributed by atoms with E-state index in [9.17, 15) is 4.79 Å². The van der Waals surface area contributed by atoms with Crippen molar-refractivity contribution in [3.05, 3.63) is 13.6 Å². The van der Waals surface area contributed by atoms with Gasteiger partial charge in [-0.15, -0.1) is 0 Å². The molecule has 1 aromatic heterocycles. The van der Waals surface area contributed by atoms with Gasteiger partial charge in [0.15, 0.2) is 3.95 Å². The Labute approximate surface area is 83.9 Å². The predicted molar refractivity (Wildman–Crippen MR) is 56.7 cm³/mol. The summed E-state index contributed by atoms with van der Waals surface area (Å²) < 4.78 is 2.37. The van der Waals surface area contributed by atoms with Gasteiger partial charge in [0, 0.05) is 6.54 Å². The lowest BCUT2D eigenvalue weighted by atomic mass is 9.97. The van der Waals surface area contributed by atoms with E-state index in [4.69, 9.17) is 12.2 Å². The van der Waals surface area contributed by atoms with Crippen molar-refractivity contribution in [1.82, 2.24) is 4.57 Å². The van der Waals surface area contributed by atoms with Crippen molar-refractivity contribution in [2.24, 2.45) is 5.41 Å². The molecule has 0 amide bonds. The van der Waals surface area contributed by atoms with E-state index in [1.54, 1.807) is 4.57 Å². The zero-order valence-corrected chi connectivity index (χ0v) is 9.74. The fraction of sp³-hybridized carbons (Fsp3) is 0.714. The second kappa shape index (κ2) is 3.40. The Balaban J connectivity index is 3.05. The van der Waals surface area contributed by atoms with Crippen molar-refractivity contribution < 1.29 is 0 Å². The van der Waals surface area contributed by atoms with E-state index in [2.05, 4.69) is 20.8 Å². The van der Waals surface area contributed by atoms with Crippen LogP contribution in [0, 0.1) is 9.37 Å². The van der Waals surface area contributed by atoms with Gasteiger partial charge in [-0.2, -0.15) is 0 Å². The maximum atomic E-state index is 11.2. The topological polar surface area (TPSA) is 22.0 Å². The van der Waals surface area contributed by atoms with Gasteiger partial charge in [-0.1, -0.05) is 20.8 Å². The SMILES string of the molecule is CC(C)(C)Cn1c(=O)ssc1=S. The molecule has 68 valence electrons. The van der Waals surface area contributed by atoms with Gasteiger partial charge in [0.2, 0.25) is 0 Å². The standard InChI is InChI=1S/C7H11NOS3/c1-7(2,3)4-8-5(9)11-12-6(8)10/h4H2,1-3H3. The molecule has 0 radical (unpaired) electrons. The fourth-order valence-electron chi connectivity index (χ4n) is 0.839. The zero-order chi connectivity index (χ0) is 9.35. The maximum absolute atomic E-state index is 11.2. The minimum Gasteiger partial charge on any atom is -0.280 e. The van der Waals surface area contributed by atoms with Crippen LogP contribution >= 0.6 is 32.9 Å². The summed E-state index contributed by atoms with van der Waals surface area (Å²) in [4.78, 5) is 11.3. The van der Waals surface area contributed by atoms with E-state index in [-0.39, 0.29) is 10.3 Å². The molecule has 0 aliphatic rings. The van der Waals surface area contributed by atoms with E-state index in [0.29, 0.717) is 10.5 Å². The highest BCUT2D eigenvalue weighted by molar-refractivity contribution is 7.79. The molecular weight excluding hydrogens is 210 g/mol. The summed E-state index contributed by atoms with van der Waals surface area (Å²) in [7, 11) is 2.60. The summed E-state index contributed by atoms with van der Waals surface area (Å²) in [5.74, 6) is 0. The Morgan fingerprint density at radius 3 is 2.33 bits per heavy atom. The van der Waals surface area contributed by atoms with Crippen LogP contribution in [0.4, 0.5) is 0 Å². The van der Waals surface area contributed by atoms with Gasteiger partial charge >= 0.3 is 4.87 Å². The summed E-state index contributed by atoms with van der Waals surface area (Å²) in [6.45, 7) is 6.99. The second-order valence-corrected chi connectivity index (χ2v) is 6.56. The van der Waals surface area contributed by atoms with Crippen molar-refractivity contribution >= 4 is 32.9 Å². The quantitative estimate of drug-likeness (QED) is 0.537. The Morgan fingerprint density at radius 2 is 2.00 bits per heavy atom. The minimum absolute atomic E-state index is 0.0694. The number of aromatic nitrogens is 1. The van der Waals surface area contributed by atoms with Gasteiger partial charge in [0.25, 0.3) is 0 Å². The maximum Gasteiger partial charge on any atom is 0.318 e. The molecular formula is C7H11NOS3. The Bertz CT molecular complexity index is 337. The third-order valence-electron chi connectivity index (χ3n) is 1.26. The van der Waals surface area contributed by atoms with Crippen LogP contribution in [0.3, 0.4) is 0 Å². The molecule has 1 rings (SSSR count). The van der Waals surface area contributed by atoms with Crippen molar-refractivity contribution in [2.45, 2.75) is 27.3 Å².